The van der Waals surface area contributed by atoms with Gasteiger partial charge in [0.2, 0.25) is 0 Å². The molecule has 0 fully saturated rings. The molecule has 0 bridgehead atoms. The summed E-state index contributed by atoms with van der Waals surface area (Å²) in [5.74, 6) is -0.986. The van der Waals surface area contributed by atoms with E-state index in [1.54, 1.807) is 30.5 Å². The lowest BCUT2D eigenvalue weighted by atomic mass is 10.2. The summed E-state index contributed by atoms with van der Waals surface area (Å²) in [6.45, 7) is 0. The molecule has 0 aliphatic rings. The number of nitrogens with zero attached hydrogens (tertiary/aromatic N) is 2. The molecule has 0 aliphatic carbocycles. The van der Waals surface area contributed by atoms with Crippen molar-refractivity contribution in [3.8, 4) is 6.07 Å². The number of aromatic carboxylic acids is 1. The van der Waals surface area contributed by atoms with Gasteiger partial charge in [-0.05, 0) is 18.2 Å². The summed E-state index contributed by atoms with van der Waals surface area (Å²) < 4.78 is 0. The van der Waals surface area contributed by atoms with Crippen LogP contribution in [0.25, 0.3) is 0 Å². The topological polar surface area (TPSA) is 74.0 Å². The standard InChI is InChI=1S/C13H8N2O2S/c14-7-9-5-6-15-8-12(9)18-11-4-2-1-3-10(11)13(16)17/h1-6,8H,(H,16,17). The van der Waals surface area contributed by atoms with E-state index in [4.69, 9.17) is 10.4 Å². The second kappa shape index (κ2) is 5.34. The predicted molar refractivity (Wildman–Crippen MR) is 66.5 cm³/mol. The largest absolute Gasteiger partial charge is 0.478 e. The normalized spacial score (nSPS) is 9.72. The van der Waals surface area contributed by atoms with Crippen LogP contribution in [0.1, 0.15) is 15.9 Å². The van der Waals surface area contributed by atoms with Crippen molar-refractivity contribution >= 4 is 17.7 Å². The van der Waals surface area contributed by atoms with Gasteiger partial charge in [0, 0.05) is 22.2 Å². The Labute approximate surface area is 108 Å². The number of carboxylic acids is 1. The summed E-state index contributed by atoms with van der Waals surface area (Å²) in [4.78, 5) is 16.3. The molecule has 0 saturated heterocycles. The fourth-order valence-corrected chi connectivity index (χ4v) is 2.39. The monoisotopic (exact) mass is 256 g/mol. The summed E-state index contributed by atoms with van der Waals surface area (Å²) >= 11 is 1.23. The smallest absolute Gasteiger partial charge is 0.336 e. The maximum absolute atomic E-state index is 11.1. The molecule has 2 rings (SSSR count). The number of aromatic nitrogens is 1. The third-order valence-electron chi connectivity index (χ3n) is 2.24. The van der Waals surface area contributed by atoms with Crippen LogP contribution in [0, 0.1) is 11.3 Å². The van der Waals surface area contributed by atoms with Crippen LogP contribution < -0.4 is 0 Å². The van der Waals surface area contributed by atoms with E-state index in [0.29, 0.717) is 15.4 Å². The number of nitriles is 1. The maximum Gasteiger partial charge on any atom is 0.336 e. The zero-order valence-corrected chi connectivity index (χ0v) is 10.0. The molecule has 1 aromatic carbocycles. The van der Waals surface area contributed by atoms with Crippen molar-refractivity contribution in [3.05, 3.63) is 53.9 Å². The first-order valence-electron chi connectivity index (χ1n) is 5.06. The minimum atomic E-state index is -0.986. The Bertz CT molecular complexity index is 635. The summed E-state index contributed by atoms with van der Waals surface area (Å²) in [7, 11) is 0. The summed E-state index contributed by atoms with van der Waals surface area (Å²) in [5.41, 5.74) is 0.699. The highest BCUT2D eigenvalue weighted by Crippen LogP contribution is 2.31. The molecule has 1 heterocycles. The van der Waals surface area contributed by atoms with E-state index >= 15 is 0 Å². The molecule has 1 N–H and O–H groups in total. The van der Waals surface area contributed by atoms with Crippen LogP contribution in [0.15, 0.2) is 52.5 Å². The number of hydrogen-bond acceptors (Lipinski definition) is 4. The highest BCUT2D eigenvalue weighted by atomic mass is 32.2. The quantitative estimate of drug-likeness (QED) is 0.914. The molecule has 0 atom stereocenters. The van der Waals surface area contributed by atoms with Gasteiger partial charge in [0.25, 0.3) is 0 Å². The van der Waals surface area contributed by atoms with Crippen molar-refractivity contribution in [2.75, 3.05) is 0 Å². The molecule has 2 aromatic rings. The molecule has 5 heteroatoms. The third kappa shape index (κ3) is 2.50. The lowest BCUT2D eigenvalue weighted by molar-refractivity contribution is 0.0693. The molecule has 0 spiro atoms. The second-order valence-electron chi connectivity index (χ2n) is 3.39. The lowest BCUT2D eigenvalue weighted by Crippen LogP contribution is -1.98. The van der Waals surface area contributed by atoms with Gasteiger partial charge in [0.1, 0.15) is 6.07 Å². The van der Waals surface area contributed by atoms with Crippen LogP contribution in [-0.4, -0.2) is 16.1 Å². The Morgan fingerprint density at radius 3 is 2.78 bits per heavy atom. The van der Waals surface area contributed by atoms with Crippen LogP contribution in [0.2, 0.25) is 0 Å². The van der Waals surface area contributed by atoms with Crippen molar-refractivity contribution in [1.29, 1.82) is 5.26 Å². The van der Waals surface area contributed by atoms with E-state index in [1.807, 2.05) is 0 Å². The Balaban J connectivity index is 2.41. The average Bonchev–Trinajstić information content (AvgIpc) is 2.40. The fraction of sp³-hybridized carbons (Fsp3) is 0. The molecule has 4 nitrogen and oxygen atoms in total. The van der Waals surface area contributed by atoms with E-state index in [2.05, 4.69) is 11.1 Å². The van der Waals surface area contributed by atoms with E-state index in [9.17, 15) is 4.79 Å². The van der Waals surface area contributed by atoms with E-state index in [-0.39, 0.29) is 5.56 Å². The zero-order chi connectivity index (χ0) is 13.0. The highest BCUT2D eigenvalue weighted by Gasteiger charge is 2.12. The maximum atomic E-state index is 11.1. The summed E-state index contributed by atoms with van der Waals surface area (Å²) in [6, 6.07) is 10.3. The number of carbonyl (C=O) groups is 1. The van der Waals surface area contributed by atoms with Crippen LogP contribution >= 0.6 is 11.8 Å². The van der Waals surface area contributed by atoms with Gasteiger partial charge in [-0.15, -0.1) is 0 Å². The van der Waals surface area contributed by atoms with Gasteiger partial charge in [-0.1, -0.05) is 23.9 Å². The van der Waals surface area contributed by atoms with Crippen molar-refractivity contribution in [2.45, 2.75) is 9.79 Å². The van der Waals surface area contributed by atoms with Gasteiger partial charge in [-0.3, -0.25) is 4.98 Å². The first-order chi connectivity index (χ1) is 8.72. The Kier molecular flexibility index (Phi) is 3.60. The molecule has 1 aromatic heterocycles. The highest BCUT2D eigenvalue weighted by molar-refractivity contribution is 7.99. The van der Waals surface area contributed by atoms with Gasteiger partial charge in [0.15, 0.2) is 0 Å². The van der Waals surface area contributed by atoms with Gasteiger partial charge >= 0.3 is 5.97 Å². The van der Waals surface area contributed by atoms with Crippen molar-refractivity contribution in [3.63, 3.8) is 0 Å². The number of hydrogen-bond donors (Lipinski definition) is 1. The molecule has 88 valence electrons. The first kappa shape index (κ1) is 12.1. The average molecular weight is 256 g/mol. The molecule has 0 radical (unpaired) electrons. The van der Waals surface area contributed by atoms with Gasteiger partial charge in [-0.2, -0.15) is 5.26 Å². The lowest BCUT2D eigenvalue weighted by Gasteiger charge is -2.06. The predicted octanol–water partition coefficient (Wildman–Crippen LogP) is 2.80. The van der Waals surface area contributed by atoms with Crippen molar-refractivity contribution in [2.24, 2.45) is 0 Å². The van der Waals surface area contributed by atoms with Gasteiger partial charge in [-0.25, -0.2) is 4.79 Å². The van der Waals surface area contributed by atoms with Gasteiger partial charge in [0.05, 0.1) is 11.1 Å². The SMILES string of the molecule is N#Cc1ccncc1Sc1ccccc1C(=O)O. The van der Waals surface area contributed by atoms with E-state index in [1.165, 1.54) is 24.0 Å². The number of benzene rings is 1. The molecule has 0 unspecified atom stereocenters. The molecule has 0 saturated carbocycles. The van der Waals surface area contributed by atoms with Crippen molar-refractivity contribution in [1.82, 2.24) is 4.98 Å². The molecular formula is C13H8N2O2S. The second-order valence-corrected chi connectivity index (χ2v) is 4.47. The van der Waals surface area contributed by atoms with E-state index in [0.717, 1.165) is 0 Å². The molecule has 18 heavy (non-hydrogen) atoms. The van der Waals surface area contributed by atoms with Crippen molar-refractivity contribution < 1.29 is 9.90 Å². The summed E-state index contributed by atoms with van der Waals surface area (Å²) in [5, 5.41) is 18.0. The van der Waals surface area contributed by atoms with Crippen LogP contribution in [0.3, 0.4) is 0 Å². The first-order valence-corrected chi connectivity index (χ1v) is 5.88. The number of rotatable bonds is 3. The number of pyridine rings is 1. The minimum Gasteiger partial charge on any atom is -0.478 e. The third-order valence-corrected chi connectivity index (χ3v) is 3.36. The Morgan fingerprint density at radius 1 is 1.28 bits per heavy atom. The van der Waals surface area contributed by atoms with Crippen LogP contribution in [-0.2, 0) is 0 Å². The minimum absolute atomic E-state index is 0.218. The molecule has 0 aliphatic heterocycles. The molecule has 0 amide bonds. The van der Waals surface area contributed by atoms with E-state index < -0.39 is 5.97 Å². The van der Waals surface area contributed by atoms with Crippen LogP contribution in [0.5, 0.6) is 0 Å². The Hall–Kier alpha value is -2.32. The fourth-order valence-electron chi connectivity index (χ4n) is 1.40. The van der Waals surface area contributed by atoms with Crippen LogP contribution in [0.4, 0.5) is 0 Å². The molecular weight excluding hydrogens is 248 g/mol. The Morgan fingerprint density at radius 2 is 2.06 bits per heavy atom. The number of carboxylic acid groups (broad SMARTS) is 1. The van der Waals surface area contributed by atoms with Gasteiger partial charge < -0.3 is 5.11 Å². The summed E-state index contributed by atoms with van der Waals surface area (Å²) in [6.07, 6.45) is 3.09. The zero-order valence-electron chi connectivity index (χ0n) is 9.20.